The molecular weight excluding hydrogens is 973 g/mol. The molecule has 75 heavy (non-hydrogen) atoms. The van der Waals surface area contributed by atoms with Gasteiger partial charge in [0.15, 0.2) is 29.6 Å². The fourth-order valence-electron chi connectivity index (χ4n) is 9.53. The first-order valence-corrected chi connectivity index (χ1v) is 24.9. The van der Waals surface area contributed by atoms with Crippen LogP contribution in [0.2, 0.25) is 0 Å². The van der Waals surface area contributed by atoms with Gasteiger partial charge in [-0.05, 0) is 110 Å². The molecule has 20 heteroatoms. The number of benzene rings is 4. The molecule has 3 heterocycles. The molecule has 2 N–H and O–H groups in total. The molecule has 2 fully saturated rings. The Kier molecular flexibility index (Phi) is 18.9. The Balaban J connectivity index is 0.948. The van der Waals surface area contributed by atoms with Gasteiger partial charge in [0.1, 0.15) is 36.3 Å². The zero-order valence-corrected chi connectivity index (χ0v) is 43.1. The van der Waals surface area contributed by atoms with E-state index < -0.39 is 59.6 Å². The number of carbonyl (C=O) groups is 7. The summed E-state index contributed by atoms with van der Waals surface area (Å²) in [7, 11) is 7.66. The van der Waals surface area contributed by atoms with Crippen molar-refractivity contribution in [3.63, 3.8) is 0 Å². The third-order valence-corrected chi connectivity index (χ3v) is 13.3. The van der Waals surface area contributed by atoms with Crippen LogP contribution < -0.4 is 43.8 Å². The van der Waals surface area contributed by atoms with Crippen LogP contribution in [-0.4, -0.2) is 138 Å². The summed E-state index contributed by atoms with van der Waals surface area (Å²) >= 11 is 0. The van der Waals surface area contributed by atoms with Crippen molar-refractivity contribution in [2.45, 2.75) is 82.4 Å². The summed E-state index contributed by atoms with van der Waals surface area (Å²) in [4.78, 5) is 95.0. The van der Waals surface area contributed by atoms with Gasteiger partial charge in [0.2, 0.25) is 23.5 Å². The topological polar surface area (TPSA) is 233 Å². The standard InChI is InChI=1S/C55H64N4O16/c1-7-37(35-30-45(69-4)50(71-6)46(31-35)70-5)52(63)58-24-9-8-15-40(58)55(66)75-41(20-17-33-18-21-42(67-2)44(28-33)68-3)34-12-10-13-36(29-34)74-32-48(61)56-23-25-72-26-27-73-43-16-11-14-38-49(43)54(65)59(53(38)64)39-19-22-47(60)57-51(39)62/h10-14,16,18,21,28-31,37,39-41H,7-9,15,17,19-20,22-27,32H2,1-6H3,(H,56,61)(H,57,60,62)/t37?,39?,40-,41+/m0/s1. The average Bonchev–Trinajstić information content (AvgIpc) is 3.69. The molecule has 3 aliphatic rings. The maximum atomic E-state index is 14.5. The number of hydrogen-bond acceptors (Lipinski definition) is 16. The van der Waals surface area contributed by atoms with Crippen LogP contribution >= 0.6 is 0 Å². The summed E-state index contributed by atoms with van der Waals surface area (Å²) in [5.74, 6) is -1.37. The molecule has 4 aromatic carbocycles. The number of esters is 1. The highest BCUT2D eigenvalue weighted by Gasteiger charge is 2.46. The highest BCUT2D eigenvalue weighted by Crippen LogP contribution is 2.42. The first kappa shape index (κ1) is 54.9. The van der Waals surface area contributed by atoms with E-state index in [9.17, 15) is 33.6 Å². The van der Waals surface area contributed by atoms with Crippen molar-refractivity contribution in [3.8, 4) is 40.2 Å². The highest BCUT2D eigenvalue weighted by molar-refractivity contribution is 6.24. The second-order valence-corrected chi connectivity index (χ2v) is 17.9. The minimum Gasteiger partial charge on any atom is -0.493 e. The molecule has 3 aliphatic heterocycles. The number of methoxy groups -OCH3 is 5. The predicted molar refractivity (Wildman–Crippen MR) is 270 cm³/mol. The molecule has 0 bridgehead atoms. The third-order valence-electron chi connectivity index (χ3n) is 13.3. The lowest BCUT2D eigenvalue weighted by Gasteiger charge is -2.37. The van der Waals surface area contributed by atoms with Crippen LogP contribution in [0.15, 0.2) is 72.8 Å². The molecule has 0 radical (unpaired) electrons. The van der Waals surface area contributed by atoms with Crippen molar-refractivity contribution in [2.24, 2.45) is 0 Å². The van der Waals surface area contributed by atoms with E-state index in [0.29, 0.717) is 77.9 Å². The number of fused-ring (bicyclic) bond motifs is 1. The largest absolute Gasteiger partial charge is 0.493 e. The fourth-order valence-corrected chi connectivity index (χ4v) is 9.53. The Hall–Kier alpha value is -7.87. The van der Waals surface area contributed by atoms with Gasteiger partial charge in [-0.3, -0.25) is 39.0 Å². The summed E-state index contributed by atoms with van der Waals surface area (Å²) in [6, 6.07) is 18.8. The summed E-state index contributed by atoms with van der Waals surface area (Å²) in [6.07, 6.45) is 2.42. The quantitative estimate of drug-likeness (QED) is 0.0473. The maximum Gasteiger partial charge on any atom is 0.329 e. The van der Waals surface area contributed by atoms with Gasteiger partial charge in [-0.25, -0.2) is 4.79 Å². The van der Waals surface area contributed by atoms with Gasteiger partial charge in [0.25, 0.3) is 17.7 Å². The van der Waals surface area contributed by atoms with E-state index in [1.807, 2.05) is 31.2 Å². The lowest BCUT2D eigenvalue weighted by atomic mass is 9.91. The van der Waals surface area contributed by atoms with Crippen LogP contribution in [0.25, 0.3) is 0 Å². The zero-order valence-electron chi connectivity index (χ0n) is 43.1. The van der Waals surface area contributed by atoms with Crippen LogP contribution in [0.3, 0.4) is 0 Å². The molecule has 2 saturated heterocycles. The number of nitrogens with one attached hydrogen (secondary N) is 2. The van der Waals surface area contributed by atoms with Gasteiger partial charge in [0.05, 0.1) is 65.8 Å². The average molecular weight is 1040 g/mol. The van der Waals surface area contributed by atoms with Gasteiger partial charge in [-0.2, -0.15) is 0 Å². The number of amides is 6. The molecule has 6 amide bonds. The van der Waals surface area contributed by atoms with Crippen LogP contribution in [0.1, 0.15) is 101 Å². The molecular formula is C55H64N4O16. The summed E-state index contributed by atoms with van der Waals surface area (Å²) in [5.41, 5.74) is 2.33. The molecule has 20 nitrogen and oxygen atoms in total. The number of imide groups is 2. The SMILES string of the molecule is CCC(C(=O)N1CCCC[C@H]1C(=O)O[C@H](CCc1ccc(OC)c(OC)c1)c1cccc(OCC(=O)NCCOCCOc2cccc3c2C(=O)N(C2CCC(=O)NC2=O)C3=O)c1)c1cc(OC)c(OC)c(OC)c1. The molecule has 0 aromatic heterocycles. The first-order valence-electron chi connectivity index (χ1n) is 24.9. The number of carbonyl (C=O) groups excluding carboxylic acids is 7. The van der Waals surface area contributed by atoms with Gasteiger partial charge >= 0.3 is 5.97 Å². The number of piperidine rings is 2. The Labute approximate surface area is 435 Å². The Morgan fingerprint density at radius 3 is 2.19 bits per heavy atom. The van der Waals surface area contributed by atoms with Crippen LogP contribution in [-0.2, 0) is 39.9 Å². The predicted octanol–water partition coefficient (Wildman–Crippen LogP) is 5.51. The van der Waals surface area contributed by atoms with E-state index in [1.54, 1.807) is 61.6 Å². The summed E-state index contributed by atoms with van der Waals surface area (Å²) in [5, 5.41) is 4.92. The second kappa shape index (κ2) is 25.9. The van der Waals surface area contributed by atoms with E-state index in [0.717, 1.165) is 23.3 Å². The van der Waals surface area contributed by atoms with Crippen LogP contribution in [0.5, 0.6) is 40.2 Å². The van der Waals surface area contributed by atoms with Crippen molar-refractivity contribution >= 4 is 41.4 Å². The molecule has 4 atom stereocenters. The molecule has 2 unspecified atom stereocenters. The van der Waals surface area contributed by atoms with Gasteiger partial charge < -0.3 is 52.8 Å². The number of rotatable bonds is 25. The fraction of sp³-hybridized carbons (Fsp3) is 0.436. The van der Waals surface area contributed by atoms with Crippen molar-refractivity contribution in [2.75, 3.05) is 75.1 Å². The zero-order chi connectivity index (χ0) is 53.6. The van der Waals surface area contributed by atoms with E-state index in [2.05, 4.69) is 10.6 Å². The summed E-state index contributed by atoms with van der Waals surface area (Å²) < 4.78 is 51.4. The van der Waals surface area contributed by atoms with Crippen molar-refractivity contribution in [1.29, 1.82) is 0 Å². The molecule has 0 saturated carbocycles. The number of likely N-dealkylation sites (tertiary alicyclic amines) is 1. The minimum atomic E-state index is -1.10. The van der Waals surface area contributed by atoms with Crippen LogP contribution in [0.4, 0.5) is 0 Å². The molecule has 7 rings (SSSR count). The van der Waals surface area contributed by atoms with E-state index in [-0.39, 0.29) is 68.6 Å². The van der Waals surface area contributed by atoms with Crippen molar-refractivity contribution < 1.29 is 76.2 Å². The molecule has 4 aromatic rings. The van der Waals surface area contributed by atoms with E-state index in [1.165, 1.54) is 27.4 Å². The lowest BCUT2D eigenvalue weighted by molar-refractivity contribution is -0.162. The minimum absolute atomic E-state index is 0.00606. The number of nitrogens with zero attached hydrogens (tertiary/aromatic N) is 2. The molecule has 0 spiro atoms. The van der Waals surface area contributed by atoms with E-state index in [4.69, 9.17) is 42.6 Å². The number of aryl methyl sites for hydroxylation is 1. The molecule has 400 valence electrons. The van der Waals surface area contributed by atoms with E-state index >= 15 is 0 Å². The first-order chi connectivity index (χ1) is 36.3. The Morgan fingerprint density at radius 1 is 0.733 bits per heavy atom. The smallest absolute Gasteiger partial charge is 0.329 e. The van der Waals surface area contributed by atoms with Crippen molar-refractivity contribution in [1.82, 2.24) is 20.4 Å². The van der Waals surface area contributed by atoms with Gasteiger partial charge in [-0.1, -0.05) is 31.2 Å². The third kappa shape index (κ3) is 12.9. The normalized spacial score (nSPS) is 17.0. The van der Waals surface area contributed by atoms with Crippen LogP contribution in [0, 0.1) is 0 Å². The Bertz CT molecular complexity index is 2720. The monoisotopic (exact) mass is 1040 g/mol. The number of ether oxygens (including phenoxy) is 9. The van der Waals surface area contributed by atoms with Gasteiger partial charge in [0, 0.05) is 19.5 Å². The molecule has 0 aliphatic carbocycles. The van der Waals surface area contributed by atoms with Crippen molar-refractivity contribution in [3.05, 3.63) is 101 Å². The maximum absolute atomic E-state index is 14.5. The lowest BCUT2D eigenvalue weighted by Crippen LogP contribution is -2.54. The number of hydrogen-bond donors (Lipinski definition) is 2. The Morgan fingerprint density at radius 2 is 1.48 bits per heavy atom. The highest BCUT2D eigenvalue weighted by atomic mass is 16.6. The van der Waals surface area contributed by atoms with Gasteiger partial charge in [-0.15, -0.1) is 0 Å². The second-order valence-electron chi connectivity index (χ2n) is 17.9. The summed E-state index contributed by atoms with van der Waals surface area (Å²) in [6.45, 7) is 2.34.